The summed E-state index contributed by atoms with van der Waals surface area (Å²) in [6.07, 6.45) is 1.30. The van der Waals surface area contributed by atoms with E-state index in [1.807, 2.05) is 0 Å². The first-order valence-electron chi connectivity index (χ1n) is 2.22. The Labute approximate surface area is 69.4 Å². The average molecular weight is 222 g/mol. The second-order valence-corrected chi connectivity index (χ2v) is 2.64. The van der Waals surface area contributed by atoms with Gasteiger partial charge in [0.25, 0.3) is 0 Å². The lowest BCUT2D eigenvalue weighted by Gasteiger charge is -1.87. The summed E-state index contributed by atoms with van der Waals surface area (Å²) in [4.78, 5) is 3.66. The number of aromatic nitrogens is 2. The summed E-state index contributed by atoms with van der Waals surface area (Å²) in [6, 6.07) is 1.78. The van der Waals surface area contributed by atoms with Crippen LogP contribution in [0, 0.1) is 11.3 Å². The zero-order chi connectivity index (χ0) is 7.56. The van der Waals surface area contributed by atoms with E-state index in [9.17, 15) is 3.89 Å². The fraction of sp³-hybridized carbons (Fsp3) is 0. The van der Waals surface area contributed by atoms with E-state index in [-0.39, 0.29) is 18.0 Å². The van der Waals surface area contributed by atoms with Crippen molar-refractivity contribution in [3.8, 4) is 6.07 Å². The summed E-state index contributed by atoms with van der Waals surface area (Å²) in [7, 11) is 0. The Hall–Kier alpha value is -0.540. The molecule has 0 saturated carbocycles. The molecule has 1 rings (SSSR count). The molecule has 6 heteroatoms. The first-order chi connectivity index (χ1) is 4.77. The lowest BCUT2D eigenvalue weighted by atomic mass is 10.6. The average Bonchev–Trinajstić information content (AvgIpc) is 2.30. The molecule has 0 fully saturated rings. The van der Waals surface area contributed by atoms with E-state index in [4.69, 9.17) is 5.26 Å². The van der Waals surface area contributed by atoms with E-state index in [1.165, 1.54) is 6.20 Å². The molecule has 0 aromatic carbocycles. The van der Waals surface area contributed by atoms with Crippen LogP contribution in [-0.4, -0.2) is 8.96 Å². The number of nitriles is 1. The lowest BCUT2D eigenvalue weighted by molar-refractivity contribution is 0.910. The summed E-state index contributed by atoms with van der Waals surface area (Å²) < 4.78 is 13.2. The van der Waals surface area contributed by atoms with Crippen LogP contribution in [-0.2, 0) is 0 Å². The van der Waals surface area contributed by atoms with Gasteiger partial charge in [-0.25, -0.2) is 8.96 Å². The summed E-state index contributed by atoms with van der Waals surface area (Å²) in [6.45, 7) is 0. The van der Waals surface area contributed by atoms with Crippen molar-refractivity contribution in [1.29, 1.82) is 5.26 Å². The molecule has 0 aliphatic heterocycles. The molecule has 0 N–H and O–H groups in total. The molecule has 1 aromatic rings. The molecular weight excluding hydrogens is 221 g/mol. The van der Waals surface area contributed by atoms with Gasteiger partial charge in [0, 0.05) is 0 Å². The third-order valence-corrected chi connectivity index (χ3v) is 2.04. The Kier molecular flexibility index (Phi) is 2.29. The fourth-order valence-electron chi connectivity index (χ4n) is 0.444. The van der Waals surface area contributed by atoms with E-state index >= 15 is 0 Å². The fourth-order valence-corrected chi connectivity index (χ4v) is 1.14. The van der Waals surface area contributed by atoms with Gasteiger partial charge in [-0.05, 0) is 15.9 Å². The van der Waals surface area contributed by atoms with Gasteiger partial charge in [-0.2, -0.15) is 5.26 Å². The predicted molar refractivity (Wildman–Crippen MR) is 38.7 cm³/mol. The zero-order valence-corrected chi connectivity index (χ0v) is 6.99. The van der Waals surface area contributed by atoms with Crippen molar-refractivity contribution in [3.05, 3.63) is 16.6 Å². The largest absolute Gasteiger partial charge is 0.239 e. The predicted octanol–water partition coefficient (Wildman–Crippen LogP) is 1.90. The molecule has 10 heavy (non-hydrogen) atoms. The maximum Gasteiger partial charge on any atom is 0.190 e. The quantitative estimate of drug-likeness (QED) is 0.728. The summed E-state index contributed by atoms with van der Waals surface area (Å²) in [5, 5.41) is 8.29. The van der Waals surface area contributed by atoms with Crippen molar-refractivity contribution >= 4 is 28.3 Å². The van der Waals surface area contributed by atoms with E-state index in [1.54, 1.807) is 6.07 Å². The van der Waals surface area contributed by atoms with Crippen LogP contribution < -0.4 is 0 Å². The minimum absolute atomic E-state index is 0.0122. The number of hydrogen-bond acceptors (Lipinski definition) is 3. The van der Waals surface area contributed by atoms with Crippen LogP contribution in [0.5, 0.6) is 0 Å². The highest BCUT2D eigenvalue weighted by Crippen LogP contribution is 2.17. The Bertz CT molecular complexity index is 279. The molecule has 0 saturated heterocycles. The summed E-state index contributed by atoms with van der Waals surface area (Å²) in [5.74, 6) is 0. The van der Waals surface area contributed by atoms with Gasteiger partial charge >= 0.3 is 0 Å². The zero-order valence-electron chi connectivity index (χ0n) is 4.58. The molecule has 0 spiro atoms. The SMILES string of the molecule is N#Cc1cn(SF)c(Br)n1. The van der Waals surface area contributed by atoms with Crippen molar-refractivity contribution in [3.63, 3.8) is 0 Å². The van der Waals surface area contributed by atoms with Crippen LogP contribution in [0.2, 0.25) is 0 Å². The highest BCUT2D eigenvalue weighted by atomic mass is 79.9. The maximum atomic E-state index is 11.8. The Morgan fingerprint density at radius 2 is 2.60 bits per heavy atom. The number of nitrogens with zero attached hydrogens (tertiary/aromatic N) is 3. The van der Waals surface area contributed by atoms with Crippen LogP contribution >= 0.6 is 28.3 Å². The normalized spacial score (nSPS) is 9.30. The van der Waals surface area contributed by atoms with Crippen LogP contribution in [0.3, 0.4) is 0 Å². The Morgan fingerprint density at radius 1 is 1.90 bits per heavy atom. The van der Waals surface area contributed by atoms with Gasteiger partial charge in [0.1, 0.15) is 6.07 Å². The summed E-state index contributed by atoms with van der Waals surface area (Å²) in [5.41, 5.74) is 0.192. The molecule has 0 atom stereocenters. The molecule has 52 valence electrons. The first-order valence-corrected chi connectivity index (χ1v) is 3.68. The topological polar surface area (TPSA) is 41.6 Å². The van der Waals surface area contributed by atoms with Gasteiger partial charge in [-0.3, -0.25) is 0 Å². The minimum Gasteiger partial charge on any atom is -0.239 e. The van der Waals surface area contributed by atoms with Crippen LogP contribution in [0.15, 0.2) is 10.9 Å². The molecule has 0 radical (unpaired) electrons. The van der Waals surface area contributed by atoms with Crippen LogP contribution in [0.1, 0.15) is 5.69 Å². The highest BCUT2D eigenvalue weighted by molar-refractivity contribution is 9.10. The molecule has 0 bridgehead atoms. The minimum atomic E-state index is -0.0122. The number of imidazole rings is 1. The molecule has 0 aliphatic carbocycles. The van der Waals surface area contributed by atoms with E-state index < -0.39 is 0 Å². The Balaban J connectivity index is 3.07. The van der Waals surface area contributed by atoms with Gasteiger partial charge in [0.05, 0.1) is 6.20 Å². The second kappa shape index (κ2) is 3.03. The molecule has 1 aromatic heterocycles. The Morgan fingerprint density at radius 3 is 2.90 bits per heavy atom. The molecule has 1 heterocycles. The molecular formula is C4HBrFN3S. The van der Waals surface area contributed by atoms with Crippen molar-refractivity contribution in [1.82, 2.24) is 8.96 Å². The van der Waals surface area contributed by atoms with Gasteiger partial charge in [0.2, 0.25) is 0 Å². The lowest BCUT2D eigenvalue weighted by Crippen LogP contribution is -1.77. The van der Waals surface area contributed by atoms with E-state index in [0.717, 1.165) is 3.97 Å². The van der Waals surface area contributed by atoms with Gasteiger partial charge in [-0.15, -0.1) is 3.89 Å². The number of hydrogen-bond donors (Lipinski definition) is 0. The third kappa shape index (κ3) is 1.30. The van der Waals surface area contributed by atoms with Crippen LogP contribution in [0.4, 0.5) is 3.89 Å². The molecule has 0 amide bonds. The third-order valence-electron chi connectivity index (χ3n) is 0.823. The van der Waals surface area contributed by atoms with Crippen molar-refractivity contribution in [2.75, 3.05) is 0 Å². The highest BCUT2D eigenvalue weighted by Gasteiger charge is 2.03. The van der Waals surface area contributed by atoms with Crippen molar-refractivity contribution < 1.29 is 3.89 Å². The van der Waals surface area contributed by atoms with E-state index in [2.05, 4.69) is 20.9 Å². The summed E-state index contributed by atoms with van der Waals surface area (Å²) >= 11 is 2.95. The van der Waals surface area contributed by atoms with Crippen LogP contribution in [0.25, 0.3) is 0 Å². The van der Waals surface area contributed by atoms with Gasteiger partial charge in [-0.1, -0.05) is 0 Å². The maximum absolute atomic E-state index is 11.8. The first kappa shape index (κ1) is 7.57. The van der Waals surface area contributed by atoms with E-state index in [0.29, 0.717) is 4.73 Å². The molecule has 3 nitrogen and oxygen atoms in total. The molecule has 0 aliphatic rings. The number of rotatable bonds is 1. The second-order valence-electron chi connectivity index (χ2n) is 1.40. The number of halogens is 2. The van der Waals surface area contributed by atoms with Gasteiger partial charge < -0.3 is 0 Å². The smallest absolute Gasteiger partial charge is 0.190 e. The molecule has 0 unspecified atom stereocenters. The van der Waals surface area contributed by atoms with Gasteiger partial charge in [0.15, 0.2) is 22.8 Å². The van der Waals surface area contributed by atoms with Crippen molar-refractivity contribution in [2.24, 2.45) is 0 Å². The standard InChI is InChI=1S/C4HBrFN3S/c5-4-8-3(1-7)2-9(4)10-6/h2H. The van der Waals surface area contributed by atoms with Crippen molar-refractivity contribution in [2.45, 2.75) is 0 Å². The monoisotopic (exact) mass is 221 g/mol.